The van der Waals surface area contributed by atoms with Crippen LogP contribution in [-0.4, -0.2) is 43.2 Å². The molecule has 0 aliphatic carbocycles. The van der Waals surface area contributed by atoms with E-state index in [0.29, 0.717) is 13.0 Å². The van der Waals surface area contributed by atoms with E-state index in [1.807, 2.05) is 40.7 Å². The highest BCUT2D eigenvalue weighted by atomic mass is 16.5. The first-order chi connectivity index (χ1) is 13.7. The molecule has 0 radical (unpaired) electrons. The second-order valence-corrected chi connectivity index (χ2v) is 7.27. The van der Waals surface area contributed by atoms with Gasteiger partial charge in [0, 0.05) is 37.6 Å². The highest BCUT2D eigenvalue weighted by Gasteiger charge is 2.21. The molecule has 2 aromatic heterocycles. The van der Waals surface area contributed by atoms with Gasteiger partial charge >= 0.3 is 0 Å². The largest absolute Gasteiger partial charge is 0.496 e. The molecule has 1 atom stereocenters. The molecule has 1 N–H and O–H groups in total. The fourth-order valence-corrected chi connectivity index (χ4v) is 3.73. The fraction of sp³-hybridized carbons (Fsp3) is 0.429. The van der Waals surface area contributed by atoms with E-state index < -0.39 is 6.10 Å². The summed E-state index contributed by atoms with van der Waals surface area (Å²) in [6.07, 6.45) is 3.96. The molecule has 0 saturated carbocycles. The van der Waals surface area contributed by atoms with Crippen LogP contribution in [0, 0.1) is 0 Å². The van der Waals surface area contributed by atoms with Gasteiger partial charge in [0.2, 0.25) is 0 Å². The number of aromatic nitrogens is 4. The number of benzene rings is 1. The number of aliphatic hydroxyl groups excluding tert-OH is 1. The maximum absolute atomic E-state index is 10.1. The summed E-state index contributed by atoms with van der Waals surface area (Å²) in [5, 5.41) is 18.9. The van der Waals surface area contributed by atoms with Crippen molar-refractivity contribution in [1.82, 2.24) is 24.5 Å². The Hall–Kier alpha value is -2.64. The molecule has 28 heavy (non-hydrogen) atoms. The lowest BCUT2D eigenvalue weighted by Crippen LogP contribution is -2.33. The number of methoxy groups -OCH3 is 1. The van der Waals surface area contributed by atoms with E-state index in [4.69, 9.17) is 4.74 Å². The number of hydrogen-bond donors (Lipinski definition) is 1. The van der Waals surface area contributed by atoms with Crippen molar-refractivity contribution in [1.29, 1.82) is 0 Å². The molecule has 7 heteroatoms. The van der Waals surface area contributed by atoms with Crippen LogP contribution >= 0.6 is 0 Å². The van der Waals surface area contributed by atoms with Crippen molar-refractivity contribution in [3.8, 4) is 5.75 Å². The zero-order valence-electron chi connectivity index (χ0n) is 16.5. The number of fused-ring (bicyclic) bond motifs is 1. The van der Waals surface area contributed by atoms with Crippen LogP contribution in [-0.2, 0) is 26.2 Å². The number of rotatable bonds is 7. The summed E-state index contributed by atoms with van der Waals surface area (Å²) in [5.74, 6) is 0.883. The van der Waals surface area contributed by atoms with Gasteiger partial charge in [-0.05, 0) is 36.2 Å². The van der Waals surface area contributed by atoms with E-state index in [9.17, 15) is 5.11 Å². The van der Waals surface area contributed by atoms with Gasteiger partial charge in [-0.2, -0.15) is 10.2 Å². The van der Waals surface area contributed by atoms with E-state index in [2.05, 4.69) is 27.2 Å². The third kappa shape index (κ3) is 3.95. The summed E-state index contributed by atoms with van der Waals surface area (Å²) in [5.41, 5.74) is 4.33. The highest BCUT2D eigenvalue weighted by molar-refractivity contribution is 5.37. The van der Waals surface area contributed by atoms with E-state index in [1.54, 1.807) is 13.3 Å². The van der Waals surface area contributed by atoms with Crippen molar-refractivity contribution in [2.75, 3.05) is 13.7 Å². The molecule has 3 aromatic rings. The Morgan fingerprint density at radius 2 is 2.11 bits per heavy atom. The van der Waals surface area contributed by atoms with Gasteiger partial charge in [-0.1, -0.05) is 13.0 Å². The minimum Gasteiger partial charge on any atom is -0.496 e. The van der Waals surface area contributed by atoms with Crippen LogP contribution in [0.3, 0.4) is 0 Å². The lowest BCUT2D eigenvalue weighted by Gasteiger charge is -2.27. The Morgan fingerprint density at radius 1 is 1.21 bits per heavy atom. The molecular formula is C21H27N5O2. The molecular weight excluding hydrogens is 354 g/mol. The molecule has 7 nitrogen and oxygen atoms in total. The van der Waals surface area contributed by atoms with Gasteiger partial charge in [0.25, 0.3) is 0 Å². The van der Waals surface area contributed by atoms with Gasteiger partial charge in [-0.25, -0.2) is 0 Å². The molecule has 1 aliphatic heterocycles. The molecule has 1 aliphatic rings. The average Bonchev–Trinajstić information content (AvgIpc) is 3.37. The lowest BCUT2D eigenvalue weighted by atomic mass is 10.1. The maximum atomic E-state index is 10.1. The van der Waals surface area contributed by atoms with Crippen molar-refractivity contribution < 1.29 is 9.84 Å². The Morgan fingerprint density at radius 3 is 2.86 bits per heavy atom. The number of aliphatic hydroxyl groups is 1. The Kier molecular flexibility index (Phi) is 5.45. The van der Waals surface area contributed by atoms with E-state index in [-0.39, 0.29) is 0 Å². The lowest BCUT2D eigenvalue weighted by molar-refractivity contribution is 0.166. The van der Waals surface area contributed by atoms with Crippen molar-refractivity contribution in [3.63, 3.8) is 0 Å². The van der Waals surface area contributed by atoms with Crippen LogP contribution in [0.1, 0.15) is 42.0 Å². The van der Waals surface area contributed by atoms with E-state index >= 15 is 0 Å². The van der Waals surface area contributed by atoms with Crippen LogP contribution < -0.4 is 4.74 Å². The average molecular weight is 381 g/mol. The highest BCUT2D eigenvalue weighted by Crippen LogP contribution is 2.24. The topological polar surface area (TPSA) is 68.3 Å². The molecule has 4 rings (SSSR count). The molecule has 0 saturated heterocycles. The summed E-state index contributed by atoms with van der Waals surface area (Å²) in [7, 11) is 1.70. The van der Waals surface area contributed by atoms with Crippen molar-refractivity contribution in [3.05, 3.63) is 65.2 Å². The zero-order chi connectivity index (χ0) is 19.5. The molecule has 148 valence electrons. The standard InChI is InChI=1S/C21H27N5O2/c1-3-20(27)19-12-18-15-24(9-10-26(18)23-19)13-16-5-6-21(28-2)17(11-16)14-25-8-4-7-22-25/h4-8,11-12,20,27H,3,9-10,13-15H2,1-2H3. The quantitative estimate of drug-likeness (QED) is 0.681. The smallest absolute Gasteiger partial charge is 0.123 e. The molecule has 0 amide bonds. The van der Waals surface area contributed by atoms with Crippen LogP contribution in [0.5, 0.6) is 5.75 Å². The number of ether oxygens (including phenoxy) is 1. The molecule has 1 unspecified atom stereocenters. The summed E-state index contributed by atoms with van der Waals surface area (Å²) in [4.78, 5) is 2.42. The van der Waals surface area contributed by atoms with E-state index in [0.717, 1.165) is 43.2 Å². The Labute approximate surface area is 165 Å². The van der Waals surface area contributed by atoms with E-state index in [1.165, 1.54) is 11.3 Å². The van der Waals surface area contributed by atoms with Crippen LogP contribution in [0.15, 0.2) is 42.7 Å². The normalized spacial score (nSPS) is 15.4. The second-order valence-electron chi connectivity index (χ2n) is 7.27. The maximum Gasteiger partial charge on any atom is 0.123 e. The molecule has 3 heterocycles. The van der Waals surface area contributed by atoms with Gasteiger partial charge in [0.05, 0.1) is 37.7 Å². The summed E-state index contributed by atoms with van der Waals surface area (Å²) in [6.45, 7) is 6.16. The first-order valence-electron chi connectivity index (χ1n) is 9.76. The monoisotopic (exact) mass is 381 g/mol. The van der Waals surface area contributed by atoms with Gasteiger partial charge in [-0.3, -0.25) is 14.3 Å². The van der Waals surface area contributed by atoms with Gasteiger partial charge in [-0.15, -0.1) is 0 Å². The van der Waals surface area contributed by atoms with Crippen LogP contribution in [0.25, 0.3) is 0 Å². The van der Waals surface area contributed by atoms with Gasteiger partial charge < -0.3 is 9.84 Å². The predicted molar refractivity (Wildman–Crippen MR) is 106 cm³/mol. The molecule has 0 spiro atoms. The third-order valence-corrected chi connectivity index (χ3v) is 5.27. The minimum atomic E-state index is -0.474. The van der Waals surface area contributed by atoms with Crippen molar-refractivity contribution in [2.24, 2.45) is 0 Å². The second kappa shape index (κ2) is 8.16. The molecule has 0 fully saturated rings. The summed E-state index contributed by atoms with van der Waals surface area (Å²) < 4.78 is 9.47. The first-order valence-corrected chi connectivity index (χ1v) is 9.76. The Bertz CT molecular complexity index is 919. The van der Waals surface area contributed by atoms with Crippen molar-refractivity contribution >= 4 is 0 Å². The predicted octanol–water partition coefficient (Wildman–Crippen LogP) is 2.60. The van der Waals surface area contributed by atoms with Crippen molar-refractivity contribution in [2.45, 2.75) is 45.6 Å². The zero-order valence-corrected chi connectivity index (χ0v) is 16.5. The number of nitrogens with zero attached hydrogens (tertiary/aromatic N) is 5. The SMILES string of the molecule is CCC(O)c1cc2n(n1)CCN(Cc1ccc(OC)c(Cn3cccn3)c1)C2. The van der Waals surface area contributed by atoms with Gasteiger partial charge in [0.15, 0.2) is 0 Å². The van der Waals surface area contributed by atoms with Crippen LogP contribution in [0.2, 0.25) is 0 Å². The number of hydrogen-bond acceptors (Lipinski definition) is 5. The summed E-state index contributed by atoms with van der Waals surface area (Å²) in [6, 6.07) is 10.3. The minimum absolute atomic E-state index is 0.474. The fourth-order valence-electron chi connectivity index (χ4n) is 3.73. The Balaban J connectivity index is 1.48. The third-order valence-electron chi connectivity index (χ3n) is 5.27. The molecule has 1 aromatic carbocycles. The molecule has 0 bridgehead atoms. The van der Waals surface area contributed by atoms with Crippen LogP contribution in [0.4, 0.5) is 0 Å². The summed E-state index contributed by atoms with van der Waals surface area (Å²) >= 11 is 0. The first kappa shape index (κ1) is 18.7. The van der Waals surface area contributed by atoms with Gasteiger partial charge in [0.1, 0.15) is 5.75 Å².